The molecule has 0 aliphatic carbocycles. The Kier molecular flexibility index (Phi) is 3.87. The van der Waals surface area contributed by atoms with Crippen molar-refractivity contribution in [2.24, 2.45) is 5.41 Å². The molecule has 0 fully saturated rings. The van der Waals surface area contributed by atoms with Crippen molar-refractivity contribution in [3.8, 4) is 0 Å². The molecule has 0 atom stereocenters. The second-order valence-electron chi connectivity index (χ2n) is 3.57. The van der Waals surface area contributed by atoms with Gasteiger partial charge in [-0.1, -0.05) is 27.7 Å². The second kappa shape index (κ2) is 3.91. The van der Waals surface area contributed by atoms with Crippen molar-refractivity contribution in [3.63, 3.8) is 0 Å². The van der Waals surface area contributed by atoms with Crippen molar-refractivity contribution in [2.75, 3.05) is 6.61 Å². The summed E-state index contributed by atoms with van der Waals surface area (Å²) in [7, 11) is 0. The van der Waals surface area contributed by atoms with E-state index in [-0.39, 0.29) is 5.41 Å². The Morgan fingerprint density at radius 2 is 1.90 bits per heavy atom. The van der Waals surface area contributed by atoms with Gasteiger partial charge in [0.25, 0.3) is 0 Å². The van der Waals surface area contributed by atoms with Gasteiger partial charge in [0.2, 0.25) is 0 Å². The molecule has 1 nitrogen and oxygen atoms in total. The summed E-state index contributed by atoms with van der Waals surface area (Å²) in [5.41, 5.74) is 0.221. The van der Waals surface area contributed by atoms with E-state index in [0.29, 0.717) is 0 Å². The minimum absolute atomic E-state index is 0.221. The van der Waals surface area contributed by atoms with Crippen LogP contribution in [0.2, 0.25) is 0 Å². The van der Waals surface area contributed by atoms with Gasteiger partial charge in [-0.25, -0.2) is 0 Å². The Balaban J connectivity index is 3.46. The van der Waals surface area contributed by atoms with Crippen LogP contribution in [-0.4, -0.2) is 11.7 Å². The van der Waals surface area contributed by atoms with Gasteiger partial charge in [-0.3, -0.25) is 0 Å². The van der Waals surface area contributed by atoms with Crippen molar-refractivity contribution < 1.29 is 4.74 Å². The van der Waals surface area contributed by atoms with Crippen molar-refractivity contribution in [3.05, 3.63) is 0 Å². The molecule has 0 aromatic rings. The maximum absolute atomic E-state index is 5.29. The van der Waals surface area contributed by atoms with Gasteiger partial charge in [-0.2, -0.15) is 0 Å². The molecule has 0 aromatic carbocycles. The molecule has 0 bridgehead atoms. The molecule has 0 N–H and O–H groups in total. The van der Waals surface area contributed by atoms with Gasteiger partial charge in [0, 0.05) is 6.42 Å². The fourth-order valence-electron chi connectivity index (χ4n) is 0.399. The minimum atomic E-state index is 0.221. The van der Waals surface area contributed by atoms with Crippen molar-refractivity contribution in [1.29, 1.82) is 0 Å². The Bertz CT molecular complexity index is 113. The third kappa shape index (κ3) is 6.02. The van der Waals surface area contributed by atoms with Crippen molar-refractivity contribution in [1.82, 2.24) is 0 Å². The average Bonchev–Trinajstić information content (AvgIpc) is 1.81. The normalized spacial score (nSPS) is 11.2. The lowest BCUT2D eigenvalue weighted by atomic mass is 9.99. The van der Waals surface area contributed by atoms with E-state index in [2.05, 4.69) is 20.8 Å². The molecule has 0 saturated heterocycles. The first-order valence-corrected chi connectivity index (χ1v) is 4.02. The van der Waals surface area contributed by atoms with Gasteiger partial charge in [0.1, 0.15) is 0 Å². The number of thiocarbonyl (C=S) groups is 1. The van der Waals surface area contributed by atoms with Crippen LogP contribution in [0.4, 0.5) is 0 Å². The summed E-state index contributed by atoms with van der Waals surface area (Å²) in [6, 6.07) is 0. The van der Waals surface area contributed by atoms with E-state index in [9.17, 15) is 0 Å². The molecule has 0 saturated carbocycles. The molecule has 0 radical (unpaired) electrons. The molecule has 60 valence electrons. The standard InChI is InChI=1S/C8H16OS/c1-5-7(10)9-6-8(2,3)4/h5-6H2,1-4H3. The summed E-state index contributed by atoms with van der Waals surface area (Å²) in [6.45, 7) is 9.12. The van der Waals surface area contributed by atoms with Crippen LogP contribution in [0.25, 0.3) is 0 Å². The van der Waals surface area contributed by atoms with Crippen LogP contribution in [0.5, 0.6) is 0 Å². The van der Waals surface area contributed by atoms with Crippen LogP contribution in [0.3, 0.4) is 0 Å². The lowest BCUT2D eigenvalue weighted by Crippen LogP contribution is -2.16. The predicted octanol–water partition coefficient (Wildman–Crippen LogP) is 2.79. The largest absolute Gasteiger partial charge is 0.487 e. The molecule has 0 spiro atoms. The Morgan fingerprint density at radius 3 is 2.20 bits per heavy atom. The third-order valence-electron chi connectivity index (χ3n) is 0.955. The fraction of sp³-hybridized carbons (Fsp3) is 0.875. The summed E-state index contributed by atoms with van der Waals surface area (Å²) in [4.78, 5) is 0. The molecule has 0 heterocycles. The Morgan fingerprint density at radius 1 is 1.40 bits per heavy atom. The molecule has 0 unspecified atom stereocenters. The molecule has 0 aromatic heterocycles. The highest BCUT2D eigenvalue weighted by molar-refractivity contribution is 7.80. The van der Waals surface area contributed by atoms with E-state index in [1.165, 1.54) is 0 Å². The maximum atomic E-state index is 5.29. The minimum Gasteiger partial charge on any atom is -0.487 e. The van der Waals surface area contributed by atoms with E-state index >= 15 is 0 Å². The lowest BCUT2D eigenvalue weighted by molar-refractivity contribution is 0.188. The van der Waals surface area contributed by atoms with Crippen LogP contribution >= 0.6 is 12.2 Å². The maximum Gasteiger partial charge on any atom is 0.159 e. The smallest absolute Gasteiger partial charge is 0.159 e. The van der Waals surface area contributed by atoms with Crippen LogP contribution in [0.1, 0.15) is 34.1 Å². The van der Waals surface area contributed by atoms with Crippen LogP contribution < -0.4 is 0 Å². The summed E-state index contributed by atoms with van der Waals surface area (Å²) in [5, 5.41) is 0.718. The summed E-state index contributed by atoms with van der Waals surface area (Å²) >= 11 is 4.90. The predicted molar refractivity (Wildman–Crippen MR) is 48.3 cm³/mol. The highest BCUT2D eigenvalue weighted by Crippen LogP contribution is 2.13. The monoisotopic (exact) mass is 160 g/mol. The first-order valence-electron chi connectivity index (χ1n) is 3.61. The highest BCUT2D eigenvalue weighted by Gasteiger charge is 2.10. The number of ether oxygens (including phenoxy) is 1. The SMILES string of the molecule is CCC(=S)OCC(C)(C)C. The summed E-state index contributed by atoms with van der Waals surface area (Å²) in [6.07, 6.45) is 0.839. The molecule has 2 heteroatoms. The van der Waals surface area contributed by atoms with Gasteiger partial charge in [-0.05, 0) is 17.6 Å². The quantitative estimate of drug-likeness (QED) is 0.574. The van der Waals surface area contributed by atoms with Gasteiger partial charge >= 0.3 is 0 Å². The van der Waals surface area contributed by atoms with E-state index in [1.54, 1.807) is 0 Å². The van der Waals surface area contributed by atoms with E-state index in [4.69, 9.17) is 17.0 Å². The zero-order valence-electron chi connectivity index (χ0n) is 7.23. The van der Waals surface area contributed by atoms with E-state index in [0.717, 1.165) is 18.1 Å². The van der Waals surface area contributed by atoms with E-state index < -0.39 is 0 Å². The Hall–Kier alpha value is -0.110. The van der Waals surface area contributed by atoms with Crippen molar-refractivity contribution in [2.45, 2.75) is 34.1 Å². The Labute approximate surface area is 68.8 Å². The van der Waals surface area contributed by atoms with Crippen LogP contribution in [-0.2, 0) is 4.74 Å². The number of hydrogen-bond acceptors (Lipinski definition) is 2. The zero-order chi connectivity index (χ0) is 8.20. The van der Waals surface area contributed by atoms with E-state index in [1.807, 2.05) is 6.92 Å². The molecule has 0 aliphatic rings. The van der Waals surface area contributed by atoms with Crippen molar-refractivity contribution >= 4 is 17.3 Å². The zero-order valence-corrected chi connectivity index (χ0v) is 8.05. The first-order chi connectivity index (χ1) is 4.45. The topological polar surface area (TPSA) is 9.23 Å². The molecule has 10 heavy (non-hydrogen) atoms. The number of hydrogen-bond donors (Lipinski definition) is 0. The summed E-state index contributed by atoms with van der Waals surface area (Å²) in [5.74, 6) is 0. The fourth-order valence-corrected chi connectivity index (χ4v) is 0.458. The van der Waals surface area contributed by atoms with Gasteiger partial charge in [0.15, 0.2) is 5.05 Å². The van der Waals surface area contributed by atoms with Crippen LogP contribution in [0.15, 0.2) is 0 Å². The van der Waals surface area contributed by atoms with Gasteiger partial charge < -0.3 is 4.74 Å². The third-order valence-corrected chi connectivity index (χ3v) is 1.36. The first kappa shape index (κ1) is 9.89. The average molecular weight is 160 g/mol. The lowest BCUT2D eigenvalue weighted by Gasteiger charge is -2.18. The van der Waals surface area contributed by atoms with Crippen LogP contribution in [0, 0.1) is 5.41 Å². The molecule has 0 amide bonds. The number of rotatable bonds is 2. The molecule has 0 rings (SSSR count). The summed E-state index contributed by atoms with van der Waals surface area (Å²) < 4.78 is 5.29. The second-order valence-corrected chi connectivity index (χ2v) is 4.03. The molecular formula is C8H16OS. The van der Waals surface area contributed by atoms with Gasteiger partial charge in [-0.15, -0.1) is 0 Å². The highest BCUT2D eigenvalue weighted by atomic mass is 32.1. The molecule has 0 aliphatic heterocycles. The molecular weight excluding hydrogens is 144 g/mol. The van der Waals surface area contributed by atoms with Gasteiger partial charge in [0.05, 0.1) is 6.61 Å².